The second kappa shape index (κ2) is 5.85. The molecule has 0 saturated carbocycles. The Bertz CT molecular complexity index is 606. The van der Waals surface area contributed by atoms with Crippen molar-refractivity contribution in [2.24, 2.45) is 0 Å². The van der Waals surface area contributed by atoms with Crippen LogP contribution >= 0.6 is 23.2 Å². The van der Waals surface area contributed by atoms with Gasteiger partial charge in [-0.05, 0) is 61.2 Å². The number of rotatable bonds is 3. The average molecular weight is 294 g/mol. The summed E-state index contributed by atoms with van der Waals surface area (Å²) in [5.41, 5.74) is 6.06. The van der Waals surface area contributed by atoms with E-state index in [9.17, 15) is 0 Å². The van der Waals surface area contributed by atoms with Gasteiger partial charge in [0.1, 0.15) is 0 Å². The van der Waals surface area contributed by atoms with Gasteiger partial charge >= 0.3 is 0 Å². The van der Waals surface area contributed by atoms with Crippen molar-refractivity contribution in [3.63, 3.8) is 0 Å². The lowest BCUT2D eigenvalue weighted by Gasteiger charge is -2.13. The molecule has 0 aliphatic rings. The van der Waals surface area contributed by atoms with Crippen LogP contribution in [-0.4, -0.2) is 0 Å². The lowest BCUT2D eigenvalue weighted by molar-refractivity contribution is 1.10. The van der Waals surface area contributed by atoms with Gasteiger partial charge in [-0.15, -0.1) is 0 Å². The number of hydrogen-bond acceptors (Lipinski definition) is 1. The zero-order valence-corrected chi connectivity index (χ0v) is 12.9. The van der Waals surface area contributed by atoms with Crippen molar-refractivity contribution in [3.8, 4) is 0 Å². The van der Waals surface area contributed by atoms with Crippen molar-refractivity contribution in [1.82, 2.24) is 0 Å². The van der Waals surface area contributed by atoms with E-state index in [0.717, 1.165) is 12.2 Å². The Morgan fingerprint density at radius 1 is 0.895 bits per heavy atom. The summed E-state index contributed by atoms with van der Waals surface area (Å²) in [6, 6.07) is 9.87. The van der Waals surface area contributed by atoms with Gasteiger partial charge in [-0.1, -0.05) is 35.3 Å². The van der Waals surface area contributed by atoms with E-state index in [1.165, 1.54) is 22.3 Å². The monoisotopic (exact) mass is 293 g/mol. The number of nitrogens with one attached hydrogen (secondary N) is 1. The summed E-state index contributed by atoms with van der Waals surface area (Å²) < 4.78 is 0. The summed E-state index contributed by atoms with van der Waals surface area (Å²) in [7, 11) is 0. The van der Waals surface area contributed by atoms with Gasteiger partial charge in [-0.2, -0.15) is 0 Å². The molecule has 0 unspecified atom stereocenters. The zero-order chi connectivity index (χ0) is 14.0. The smallest absolute Gasteiger partial charge is 0.0638 e. The summed E-state index contributed by atoms with van der Waals surface area (Å²) in [5, 5.41) is 4.71. The Hall–Kier alpha value is -1.18. The maximum Gasteiger partial charge on any atom is 0.0638 e. The normalized spacial score (nSPS) is 10.6. The molecule has 0 aliphatic carbocycles. The molecule has 2 rings (SSSR count). The molecule has 0 saturated heterocycles. The van der Waals surface area contributed by atoms with Gasteiger partial charge in [-0.3, -0.25) is 0 Å². The Morgan fingerprint density at radius 2 is 1.58 bits per heavy atom. The van der Waals surface area contributed by atoms with Gasteiger partial charge in [-0.25, -0.2) is 0 Å². The first-order valence-electron chi connectivity index (χ1n) is 6.23. The maximum absolute atomic E-state index is 6.14. The minimum Gasteiger partial charge on any atom is -0.380 e. The molecule has 0 aromatic heterocycles. The summed E-state index contributed by atoms with van der Waals surface area (Å²) in [6.45, 7) is 7.13. The number of halogens is 2. The van der Waals surface area contributed by atoms with Gasteiger partial charge < -0.3 is 5.32 Å². The van der Waals surface area contributed by atoms with E-state index >= 15 is 0 Å². The van der Waals surface area contributed by atoms with Crippen molar-refractivity contribution >= 4 is 28.9 Å². The van der Waals surface area contributed by atoms with Crippen LogP contribution in [0.3, 0.4) is 0 Å². The quantitative estimate of drug-likeness (QED) is 0.784. The first kappa shape index (κ1) is 14.2. The predicted octanol–water partition coefficient (Wildman–Crippen LogP) is 5.53. The van der Waals surface area contributed by atoms with Crippen LogP contribution in [0.2, 0.25) is 10.0 Å². The first-order valence-corrected chi connectivity index (χ1v) is 6.98. The number of hydrogen-bond donors (Lipinski definition) is 1. The fourth-order valence-corrected chi connectivity index (χ4v) is 2.39. The van der Waals surface area contributed by atoms with E-state index in [1.54, 1.807) is 12.1 Å². The Kier molecular flexibility index (Phi) is 4.38. The van der Waals surface area contributed by atoms with Gasteiger partial charge in [0.15, 0.2) is 0 Å². The first-order chi connectivity index (χ1) is 8.97. The number of benzene rings is 2. The largest absolute Gasteiger partial charge is 0.380 e. The SMILES string of the molecule is Cc1cc(C)c(CNc2cc(Cl)ccc2Cl)cc1C. The van der Waals surface area contributed by atoms with Gasteiger partial charge in [0.2, 0.25) is 0 Å². The van der Waals surface area contributed by atoms with Crippen LogP contribution in [0.4, 0.5) is 5.69 Å². The topological polar surface area (TPSA) is 12.0 Å². The molecule has 0 aliphatic heterocycles. The molecule has 3 heteroatoms. The molecule has 0 atom stereocenters. The molecule has 0 amide bonds. The van der Waals surface area contributed by atoms with Crippen LogP contribution in [0.1, 0.15) is 22.3 Å². The molecule has 19 heavy (non-hydrogen) atoms. The van der Waals surface area contributed by atoms with E-state index in [-0.39, 0.29) is 0 Å². The van der Waals surface area contributed by atoms with E-state index in [4.69, 9.17) is 23.2 Å². The van der Waals surface area contributed by atoms with Crippen LogP contribution in [0.25, 0.3) is 0 Å². The highest BCUT2D eigenvalue weighted by Gasteiger charge is 2.04. The van der Waals surface area contributed by atoms with Crippen LogP contribution in [0.15, 0.2) is 30.3 Å². The summed E-state index contributed by atoms with van der Waals surface area (Å²) >= 11 is 12.1. The number of anilines is 1. The molecule has 0 fully saturated rings. The molecule has 0 spiro atoms. The molecule has 2 aromatic rings. The second-order valence-electron chi connectivity index (χ2n) is 4.84. The predicted molar refractivity (Wildman–Crippen MR) is 84.4 cm³/mol. The highest BCUT2D eigenvalue weighted by atomic mass is 35.5. The van der Waals surface area contributed by atoms with Crippen LogP contribution in [0, 0.1) is 20.8 Å². The molecule has 1 N–H and O–H groups in total. The van der Waals surface area contributed by atoms with Crippen molar-refractivity contribution < 1.29 is 0 Å². The van der Waals surface area contributed by atoms with Crippen LogP contribution < -0.4 is 5.32 Å². The summed E-state index contributed by atoms with van der Waals surface area (Å²) in [5.74, 6) is 0. The zero-order valence-electron chi connectivity index (χ0n) is 11.3. The molecule has 0 bridgehead atoms. The van der Waals surface area contributed by atoms with Gasteiger partial charge in [0.05, 0.1) is 10.7 Å². The molecular formula is C16H17Cl2N. The summed E-state index contributed by atoms with van der Waals surface area (Å²) in [4.78, 5) is 0. The average Bonchev–Trinajstić information content (AvgIpc) is 2.36. The minimum absolute atomic E-state index is 0.684. The van der Waals surface area contributed by atoms with E-state index in [0.29, 0.717) is 10.0 Å². The van der Waals surface area contributed by atoms with Crippen molar-refractivity contribution in [2.75, 3.05) is 5.32 Å². The Balaban J connectivity index is 2.19. The molecule has 100 valence electrons. The second-order valence-corrected chi connectivity index (χ2v) is 5.68. The third kappa shape index (κ3) is 3.43. The fraction of sp³-hybridized carbons (Fsp3) is 0.250. The van der Waals surface area contributed by atoms with Crippen molar-refractivity contribution in [3.05, 3.63) is 62.6 Å². The molecule has 0 radical (unpaired) electrons. The van der Waals surface area contributed by atoms with E-state index in [2.05, 4.69) is 38.2 Å². The minimum atomic E-state index is 0.684. The van der Waals surface area contributed by atoms with Crippen molar-refractivity contribution in [1.29, 1.82) is 0 Å². The third-order valence-corrected chi connectivity index (χ3v) is 3.91. The summed E-state index contributed by atoms with van der Waals surface area (Å²) in [6.07, 6.45) is 0. The number of aryl methyl sites for hydroxylation is 3. The highest BCUT2D eigenvalue weighted by Crippen LogP contribution is 2.26. The van der Waals surface area contributed by atoms with E-state index in [1.807, 2.05) is 6.07 Å². The van der Waals surface area contributed by atoms with Crippen LogP contribution in [-0.2, 0) is 6.54 Å². The Labute approximate surface area is 124 Å². The molecule has 1 nitrogen and oxygen atoms in total. The third-order valence-electron chi connectivity index (χ3n) is 3.35. The lowest BCUT2D eigenvalue weighted by Crippen LogP contribution is -2.03. The van der Waals surface area contributed by atoms with Crippen molar-refractivity contribution in [2.45, 2.75) is 27.3 Å². The fourth-order valence-electron chi connectivity index (χ4n) is 2.03. The van der Waals surface area contributed by atoms with Gasteiger partial charge in [0, 0.05) is 11.6 Å². The highest BCUT2D eigenvalue weighted by molar-refractivity contribution is 6.35. The lowest BCUT2D eigenvalue weighted by atomic mass is 10.0. The van der Waals surface area contributed by atoms with Crippen LogP contribution in [0.5, 0.6) is 0 Å². The van der Waals surface area contributed by atoms with E-state index < -0.39 is 0 Å². The standard InChI is InChI=1S/C16H17Cl2N/c1-10-6-12(3)13(7-11(10)2)9-19-16-8-14(17)4-5-15(16)18/h4-8,19H,9H2,1-3H3. The maximum atomic E-state index is 6.14. The molecular weight excluding hydrogens is 277 g/mol. The van der Waals surface area contributed by atoms with Gasteiger partial charge in [0.25, 0.3) is 0 Å². The molecule has 0 heterocycles. The molecule has 2 aromatic carbocycles. The Morgan fingerprint density at radius 3 is 2.32 bits per heavy atom.